The highest BCUT2D eigenvalue weighted by Crippen LogP contribution is 2.25. The van der Waals surface area contributed by atoms with E-state index in [4.69, 9.17) is 10.5 Å². The van der Waals surface area contributed by atoms with Gasteiger partial charge >= 0.3 is 0 Å². The minimum absolute atomic E-state index is 0.197. The molecule has 1 atom stereocenters. The lowest BCUT2D eigenvalue weighted by molar-refractivity contribution is 0.414. The highest BCUT2D eigenvalue weighted by Gasteiger charge is 2.14. The highest BCUT2D eigenvalue weighted by molar-refractivity contribution is 5.51. The number of nitrogens with zero attached hydrogens (tertiary/aromatic N) is 2. The number of hydrogen-bond donors (Lipinski definition) is 2. The normalized spacial score (nSPS) is 12.2. The van der Waals surface area contributed by atoms with Gasteiger partial charge in [-0.05, 0) is 19.1 Å². The zero-order chi connectivity index (χ0) is 14.5. The summed E-state index contributed by atoms with van der Waals surface area (Å²) in [6.45, 7) is 3.13. The van der Waals surface area contributed by atoms with Crippen molar-refractivity contribution in [2.75, 3.05) is 19.0 Å². The van der Waals surface area contributed by atoms with Crippen LogP contribution >= 0.6 is 0 Å². The Balaban J connectivity index is 2.21. The van der Waals surface area contributed by atoms with Gasteiger partial charge < -0.3 is 15.8 Å². The van der Waals surface area contributed by atoms with Crippen molar-refractivity contribution in [2.45, 2.75) is 19.5 Å². The summed E-state index contributed by atoms with van der Waals surface area (Å²) in [5.41, 5.74) is 7.06. The van der Waals surface area contributed by atoms with Crippen LogP contribution in [0, 0.1) is 5.82 Å². The first-order valence-corrected chi connectivity index (χ1v) is 6.50. The van der Waals surface area contributed by atoms with Crippen molar-refractivity contribution in [1.29, 1.82) is 0 Å². The fourth-order valence-corrected chi connectivity index (χ4v) is 1.94. The molecule has 0 saturated heterocycles. The van der Waals surface area contributed by atoms with Gasteiger partial charge in [0.05, 0.1) is 25.0 Å². The van der Waals surface area contributed by atoms with Crippen LogP contribution in [0.25, 0.3) is 0 Å². The maximum atomic E-state index is 13.8. The summed E-state index contributed by atoms with van der Waals surface area (Å²) >= 11 is 0. The maximum Gasteiger partial charge on any atom is 0.146 e. The lowest BCUT2D eigenvalue weighted by Gasteiger charge is -2.17. The van der Waals surface area contributed by atoms with Gasteiger partial charge in [-0.15, -0.1) is 0 Å². The summed E-state index contributed by atoms with van der Waals surface area (Å²) in [7, 11) is 1.54. The molecule has 0 amide bonds. The van der Waals surface area contributed by atoms with E-state index < -0.39 is 0 Å². The first-order valence-electron chi connectivity index (χ1n) is 6.50. The van der Waals surface area contributed by atoms with Crippen LogP contribution < -0.4 is 15.8 Å². The van der Waals surface area contributed by atoms with E-state index in [1.807, 2.05) is 17.8 Å². The molecule has 0 aliphatic rings. The third-order valence-electron chi connectivity index (χ3n) is 3.12. The van der Waals surface area contributed by atoms with Crippen LogP contribution in [0.1, 0.15) is 18.5 Å². The Labute approximate surface area is 117 Å². The first kappa shape index (κ1) is 14.3. The minimum Gasteiger partial charge on any atom is -0.497 e. The Bertz CT molecular complexity index is 570. The monoisotopic (exact) mass is 278 g/mol. The van der Waals surface area contributed by atoms with E-state index in [0.717, 1.165) is 12.1 Å². The number of benzene rings is 1. The average Bonchev–Trinajstić information content (AvgIpc) is 2.95. The standard InChI is InChI=1S/C14H19FN4O/c1-3-19-9-10(8-17-19)14(7-16)18-13-6-11(20-2)4-5-12(13)15/h4-6,8-9,14,18H,3,7,16H2,1-2H3. The molecule has 0 bridgehead atoms. The minimum atomic E-state index is -0.341. The Morgan fingerprint density at radius 3 is 2.90 bits per heavy atom. The largest absolute Gasteiger partial charge is 0.497 e. The summed E-state index contributed by atoms with van der Waals surface area (Å²) < 4.78 is 20.7. The number of rotatable bonds is 6. The third kappa shape index (κ3) is 3.08. The van der Waals surface area contributed by atoms with Crippen LogP contribution in [-0.4, -0.2) is 23.4 Å². The zero-order valence-electron chi connectivity index (χ0n) is 11.6. The van der Waals surface area contributed by atoms with Crippen LogP contribution in [0.15, 0.2) is 30.6 Å². The van der Waals surface area contributed by atoms with Gasteiger partial charge in [-0.2, -0.15) is 5.10 Å². The van der Waals surface area contributed by atoms with Crippen LogP contribution in [0.5, 0.6) is 5.75 Å². The average molecular weight is 278 g/mol. The number of hydrogen-bond acceptors (Lipinski definition) is 4. The Hall–Kier alpha value is -2.08. The van der Waals surface area contributed by atoms with Crippen molar-refractivity contribution in [3.63, 3.8) is 0 Å². The lowest BCUT2D eigenvalue weighted by Crippen LogP contribution is -2.20. The molecule has 0 aliphatic heterocycles. The predicted molar refractivity (Wildman–Crippen MR) is 76.3 cm³/mol. The fraction of sp³-hybridized carbons (Fsp3) is 0.357. The summed E-state index contributed by atoms with van der Waals surface area (Å²) in [5.74, 6) is 0.251. The second kappa shape index (κ2) is 6.38. The predicted octanol–water partition coefficient (Wildman–Crippen LogP) is 2.16. The van der Waals surface area contributed by atoms with E-state index in [9.17, 15) is 4.39 Å². The van der Waals surface area contributed by atoms with Gasteiger partial charge in [-0.25, -0.2) is 4.39 Å². The number of nitrogens with one attached hydrogen (secondary N) is 1. The molecule has 1 aromatic carbocycles. The van der Waals surface area contributed by atoms with E-state index in [2.05, 4.69) is 10.4 Å². The van der Waals surface area contributed by atoms with Gasteiger partial charge in [-0.1, -0.05) is 0 Å². The van der Waals surface area contributed by atoms with Crippen molar-refractivity contribution in [1.82, 2.24) is 9.78 Å². The molecule has 0 aliphatic carbocycles. The molecule has 2 rings (SSSR count). The number of anilines is 1. The van der Waals surface area contributed by atoms with E-state index in [1.54, 1.807) is 25.4 Å². The molecule has 5 nitrogen and oxygen atoms in total. The summed E-state index contributed by atoms with van der Waals surface area (Å²) in [4.78, 5) is 0. The van der Waals surface area contributed by atoms with E-state index in [-0.39, 0.29) is 11.9 Å². The van der Waals surface area contributed by atoms with Crippen molar-refractivity contribution in [3.05, 3.63) is 42.0 Å². The molecule has 1 heterocycles. The van der Waals surface area contributed by atoms with Crippen molar-refractivity contribution >= 4 is 5.69 Å². The molecule has 0 radical (unpaired) electrons. The number of aromatic nitrogens is 2. The lowest BCUT2D eigenvalue weighted by atomic mass is 10.1. The van der Waals surface area contributed by atoms with Gasteiger partial charge in [0.2, 0.25) is 0 Å². The number of nitrogens with two attached hydrogens (primary N) is 1. The molecular weight excluding hydrogens is 259 g/mol. The Kier molecular flexibility index (Phi) is 4.57. The molecule has 1 aromatic heterocycles. The Morgan fingerprint density at radius 1 is 1.50 bits per heavy atom. The summed E-state index contributed by atoms with van der Waals surface area (Å²) in [6.07, 6.45) is 3.65. The topological polar surface area (TPSA) is 65.1 Å². The molecule has 2 aromatic rings. The second-order valence-corrected chi connectivity index (χ2v) is 4.41. The van der Waals surface area contributed by atoms with Gasteiger partial charge in [0.15, 0.2) is 0 Å². The van der Waals surface area contributed by atoms with Crippen molar-refractivity contribution < 1.29 is 9.13 Å². The van der Waals surface area contributed by atoms with Crippen molar-refractivity contribution in [2.24, 2.45) is 5.73 Å². The van der Waals surface area contributed by atoms with Gasteiger partial charge in [0.1, 0.15) is 11.6 Å². The van der Waals surface area contributed by atoms with Crippen LogP contribution in [0.3, 0.4) is 0 Å². The highest BCUT2D eigenvalue weighted by atomic mass is 19.1. The van der Waals surface area contributed by atoms with E-state index in [0.29, 0.717) is 18.0 Å². The SMILES string of the molecule is CCn1cc(C(CN)Nc2cc(OC)ccc2F)cn1. The Morgan fingerprint density at radius 2 is 2.30 bits per heavy atom. The molecule has 20 heavy (non-hydrogen) atoms. The quantitative estimate of drug-likeness (QED) is 0.850. The first-order chi connectivity index (χ1) is 9.67. The zero-order valence-corrected chi connectivity index (χ0v) is 11.6. The second-order valence-electron chi connectivity index (χ2n) is 4.41. The molecule has 1 unspecified atom stereocenters. The fourth-order valence-electron chi connectivity index (χ4n) is 1.94. The van der Waals surface area contributed by atoms with Gasteiger partial charge in [0.25, 0.3) is 0 Å². The molecule has 6 heteroatoms. The number of ether oxygens (including phenoxy) is 1. The smallest absolute Gasteiger partial charge is 0.146 e. The maximum absolute atomic E-state index is 13.8. The van der Waals surface area contributed by atoms with Crippen LogP contribution in [0.4, 0.5) is 10.1 Å². The third-order valence-corrected chi connectivity index (χ3v) is 3.12. The molecule has 0 spiro atoms. The number of aryl methyl sites for hydroxylation is 1. The molecule has 108 valence electrons. The van der Waals surface area contributed by atoms with E-state index >= 15 is 0 Å². The van der Waals surface area contributed by atoms with Gasteiger partial charge in [0, 0.05) is 30.9 Å². The number of methoxy groups -OCH3 is 1. The summed E-state index contributed by atoms with van der Waals surface area (Å²) in [6, 6.07) is 4.36. The van der Waals surface area contributed by atoms with E-state index in [1.165, 1.54) is 6.07 Å². The van der Waals surface area contributed by atoms with Crippen LogP contribution in [0.2, 0.25) is 0 Å². The molecule has 0 fully saturated rings. The van der Waals surface area contributed by atoms with Crippen molar-refractivity contribution in [3.8, 4) is 5.75 Å². The summed E-state index contributed by atoms with van der Waals surface area (Å²) in [5, 5.41) is 7.30. The molecule has 3 N–H and O–H groups in total. The van der Waals surface area contributed by atoms with Gasteiger partial charge in [-0.3, -0.25) is 4.68 Å². The molecular formula is C14H19FN4O. The van der Waals surface area contributed by atoms with Crippen LogP contribution in [-0.2, 0) is 6.54 Å². The number of halogens is 1. The molecule has 0 saturated carbocycles.